The molecule has 0 spiro atoms. The van der Waals surface area contributed by atoms with Crippen molar-refractivity contribution < 1.29 is 13.5 Å². The molecule has 18 heavy (non-hydrogen) atoms. The summed E-state index contributed by atoms with van der Waals surface area (Å²) < 4.78 is 32.2. The first kappa shape index (κ1) is 12.4. The minimum absolute atomic E-state index is 0.0963. The van der Waals surface area contributed by atoms with Gasteiger partial charge in [-0.05, 0) is 23.8 Å². The predicted molar refractivity (Wildman–Crippen MR) is 67.9 cm³/mol. The van der Waals surface area contributed by atoms with Crippen molar-refractivity contribution in [1.82, 2.24) is 0 Å². The molecule has 94 valence electrons. The topological polar surface area (TPSA) is 21.3 Å². The van der Waals surface area contributed by atoms with Gasteiger partial charge in [-0.3, -0.25) is 0 Å². The van der Waals surface area contributed by atoms with E-state index in [2.05, 4.69) is 5.32 Å². The second-order valence-corrected chi connectivity index (χ2v) is 3.80. The quantitative estimate of drug-likeness (QED) is 0.895. The van der Waals surface area contributed by atoms with E-state index in [1.165, 1.54) is 7.11 Å². The molecular formula is C14H13F2NO. The molecule has 0 amide bonds. The van der Waals surface area contributed by atoms with Crippen molar-refractivity contribution >= 4 is 5.69 Å². The van der Waals surface area contributed by atoms with E-state index < -0.39 is 11.6 Å². The minimum Gasteiger partial charge on any atom is -0.494 e. The second kappa shape index (κ2) is 5.04. The fourth-order valence-electron chi connectivity index (χ4n) is 1.75. The lowest BCUT2D eigenvalue weighted by Crippen LogP contribution is -1.94. The van der Waals surface area contributed by atoms with Gasteiger partial charge in [-0.15, -0.1) is 0 Å². The normalized spacial score (nSPS) is 10.2. The van der Waals surface area contributed by atoms with Gasteiger partial charge in [0.1, 0.15) is 5.82 Å². The molecule has 1 N–H and O–H groups in total. The Bertz CT molecular complexity index is 570. The summed E-state index contributed by atoms with van der Waals surface area (Å²) in [6.45, 7) is 0. The van der Waals surface area contributed by atoms with Gasteiger partial charge in [0, 0.05) is 24.4 Å². The van der Waals surface area contributed by atoms with Gasteiger partial charge in [-0.2, -0.15) is 0 Å². The van der Waals surface area contributed by atoms with Crippen molar-refractivity contribution in [1.29, 1.82) is 0 Å². The molecule has 4 heteroatoms. The highest BCUT2D eigenvalue weighted by molar-refractivity contribution is 5.69. The third-order valence-corrected chi connectivity index (χ3v) is 2.70. The van der Waals surface area contributed by atoms with E-state index in [0.29, 0.717) is 5.56 Å². The molecule has 0 radical (unpaired) electrons. The number of methoxy groups -OCH3 is 1. The zero-order valence-corrected chi connectivity index (χ0v) is 10.1. The Labute approximate surface area is 104 Å². The van der Waals surface area contributed by atoms with Crippen LogP contribution in [0.3, 0.4) is 0 Å². The first-order valence-corrected chi connectivity index (χ1v) is 5.47. The number of benzene rings is 2. The van der Waals surface area contributed by atoms with Crippen molar-refractivity contribution in [2.24, 2.45) is 0 Å². The van der Waals surface area contributed by atoms with Crippen LogP contribution in [0.15, 0.2) is 36.4 Å². The molecule has 0 saturated carbocycles. The molecule has 0 saturated heterocycles. The van der Waals surface area contributed by atoms with Crippen LogP contribution in [0, 0.1) is 11.6 Å². The fourth-order valence-corrected chi connectivity index (χ4v) is 1.75. The van der Waals surface area contributed by atoms with E-state index in [4.69, 9.17) is 4.74 Å². The average molecular weight is 249 g/mol. The molecule has 0 atom stereocenters. The Hall–Kier alpha value is -2.10. The molecule has 0 aromatic heterocycles. The average Bonchev–Trinajstić information content (AvgIpc) is 2.41. The highest BCUT2D eigenvalue weighted by Gasteiger charge is 2.12. The first-order chi connectivity index (χ1) is 8.65. The lowest BCUT2D eigenvalue weighted by Gasteiger charge is -2.09. The van der Waals surface area contributed by atoms with Crippen LogP contribution >= 0.6 is 0 Å². The van der Waals surface area contributed by atoms with Gasteiger partial charge < -0.3 is 10.1 Å². The minimum atomic E-state index is -0.580. The Kier molecular flexibility index (Phi) is 3.46. The van der Waals surface area contributed by atoms with Crippen LogP contribution in [0.2, 0.25) is 0 Å². The summed E-state index contributed by atoms with van der Waals surface area (Å²) in [4.78, 5) is 0. The van der Waals surface area contributed by atoms with E-state index in [1.807, 2.05) is 6.07 Å². The van der Waals surface area contributed by atoms with Gasteiger partial charge in [0.25, 0.3) is 0 Å². The lowest BCUT2D eigenvalue weighted by atomic mass is 10.0. The number of rotatable bonds is 3. The van der Waals surface area contributed by atoms with Gasteiger partial charge in [0.15, 0.2) is 11.6 Å². The summed E-state index contributed by atoms with van der Waals surface area (Å²) >= 11 is 0. The smallest absolute Gasteiger partial charge is 0.165 e. The lowest BCUT2D eigenvalue weighted by molar-refractivity contribution is 0.383. The zero-order chi connectivity index (χ0) is 13.1. The number of hydrogen-bond donors (Lipinski definition) is 1. The molecule has 0 aliphatic carbocycles. The summed E-state index contributed by atoms with van der Waals surface area (Å²) in [6.07, 6.45) is 0. The molecule has 0 aliphatic heterocycles. The number of halogens is 2. The fraction of sp³-hybridized carbons (Fsp3) is 0.143. The maximum Gasteiger partial charge on any atom is 0.165 e. The van der Waals surface area contributed by atoms with Crippen LogP contribution in [-0.2, 0) is 0 Å². The van der Waals surface area contributed by atoms with Gasteiger partial charge in [0.2, 0.25) is 0 Å². The van der Waals surface area contributed by atoms with Crippen molar-refractivity contribution in [3.8, 4) is 16.9 Å². The third kappa shape index (κ3) is 2.27. The molecule has 2 nitrogen and oxygen atoms in total. The molecule has 0 aliphatic rings. The van der Waals surface area contributed by atoms with Gasteiger partial charge in [-0.1, -0.05) is 12.1 Å². The Balaban J connectivity index is 2.53. The number of ether oxygens (including phenoxy) is 1. The summed E-state index contributed by atoms with van der Waals surface area (Å²) in [5, 5.41) is 2.95. The van der Waals surface area contributed by atoms with E-state index in [9.17, 15) is 8.78 Å². The van der Waals surface area contributed by atoms with Crippen LogP contribution in [0.5, 0.6) is 5.75 Å². The molecule has 0 unspecified atom stereocenters. The summed E-state index contributed by atoms with van der Waals surface area (Å²) in [5.41, 5.74) is 1.66. The van der Waals surface area contributed by atoms with Crippen LogP contribution in [0.25, 0.3) is 11.1 Å². The first-order valence-electron chi connectivity index (χ1n) is 5.47. The van der Waals surface area contributed by atoms with E-state index in [1.54, 1.807) is 25.2 Å². The van der Waals surface area contributed by atoms with E-state index >= 15 is 0 Å². The summed E-state index contributed by atoms with van der Waals surface area (Å²) in [6, 6.07) is 9.30. The zero-order valence-electron chi connectivity index (χ0n) is 10.1. The Morgan fingerprint density at radius 1 is 1.06 bits per heavy atom. The van der Waals surface area contributed by atoms with Crippen molar-refractivity contribution in [2.75, 3.05) is 19.5 Å². The van der Waals surface area contributed by atoms with Crippen molar-refractivity contribution in [2.45, 2.75) is 0 Å². The third-order valence-electron chi connectivity index (χ3n) is 2.70. The van der Waals surface area contributed by atoms with Crippen LogP contribution in [-0.4, -0.2) is 14.2 Å². The molecule has 0 heterocycles. The largest absolute Gasteiger partial charge is 0.494 e. The van der Waals surface area contributed by atoms with Crippen LogP contribution in [0.4, 0.5) is 14.5 Å². The monoisotopic (exact) mass is 249 g/mol. The van der Waals surface area contributed by atoms with Crippen LogP contribution < -0.4 is 10.1 Å². The molecule has 2 aromatic carbocycles. The Morgan fingerprint density at radius 3 is 2.50 bits per heavy atom. The highest BCUT2D eigenvalue weighted by atomic mass is 19.1. The van der Waals surface area contributed by atoms with Crippen molar-refractivity contribution in [3.63, 3.8) is 0 Å². The van der Waals surface area contributed by atoms with Gasteiger partial charge >= 0.3 is 0 Å². The van der Waals surface area contributed by atoms with E-state index in [-0.39, 0.29) is 11.3 Å². The van der Waals surface area contributed by atoms with Crippen molar-refractivity contribution in [3.05, 3.63) is 48.0 Å². The SMILES string of the molecule is CNc1cccc(-c2cc(F)c(OC)cc2F)c1. The number of hydrogen-bond acceptors (Lipinski definition) is 2. The molecule has 0 bridgehead atoms. The Morgan fingerprint density at radius 2 is 1.83 bits per heavy atom. The maximum absolute atomic E-state index is 13.9. The summed E-state index contributed by atoms with van der Waals surface area (Å²) in [5.74, 6) is -1.19. The van der Waals surface area contributed by atoms with Gasteiger partial charge in [0.05, 0.1) is 7.11 Å². The maximum atomic E-state index is 13.9. The molecule has 2 aromatic rings. The molecular weight excluding hydrogens is 236 g/mol. The predicted octanol–water partition coefficient (Wildman–Crippen LogP) is 3.68. The molecule has 2 rings (SSSR count). The van der Waals surface area contributed by atoms with Gasteiger partial charge in [-0.25, -0.2) is 8.78 Å². The number of anilines is 1. The summed E-state index contributed by atoms with van der Waals surface area (Å²) in [7, 11) is 3.07. The van der Waals surface area contributed by atoms with Crippen LogP contribution in [0.1, 0.15) is 0 Å². The van der Waals surface area contributed by atoms with E-state index in [0.717, 1.165) is 17.8 Å². The second-order valence-electron chi connectivity index (χ2n) is 3.80. The molecule has 0 fully saturated rings. The standard InChI is InChI=1S/C14H13F2NO/c1-17-10-5-3-4-9(6-10)11-7-13(16)14(18-2)8-12(11)15/h3-8,17H,1-2H3. The number of nitrogens with one attached hydrogen (secondary N) is 1. The highest BCUT2D eigenvalue weighted by Crippen LogP contribution is 2.30.